The number of carbonyl (C=O) groups excluding carboxylic acids is 1. The van der Waals surface area contributed by atoms with Crippen molar-refractivity contribution in [3.05, 3.63) is 42.0 Å². The zero-order valence-electron chi connectivity index (χ0n) is 12.1. The number of ether oxygens (including phenoxy) is 2. The molecule has 1 amide bonds. The van der Waals surface area contributed by atoms with E-state index in [0.717, 1.165) is 25.2 Å². The molecule has 114 valence electrons. The van der Waals surface area contributed by atoms with Crippen molar-refractivity contribution in [2.24, 2.45) is 0 Å². The van der Waals surface area contributed by atoms with Crippen molar-refractivity contribution < 1.29 is 14.3 Å². The molecule has 1 N–H and O–H groups in total. The van der Waals surface area contributed by atoms with Gasteiger partial charge in [-0.3, -0.25) is 4.79 Å². The fourth-order valence-electron chi connectivity index (χ4n) is 2.94. The summed E-state index contributed by atoms with van der Waals surface area (Å²) >= 11 is 0. The van der Waals surface area contributed by atoms with Crippen molar-refractivity contribution in [1.29, 1.82) is 0 Å². The van der Waals surface area contributed by atoms with Crippen molar-refractivity contribution in [2.45, 2.75) is 25.4 Å². The lowest BCUT2D eigenvalue weighted by atomic mass is 10.1. The van der Waals surface area contributed by atoms with Crippen LogP contribution < -0.4 is 14.8 Å². The van der Waals surface area contributed by atoms with Crippen LogP contribution in [-0.4, -0.2) is 34.7 Å². The lowest BCUT2D eigenvalue weighted by Crippen LogP contribution is -2.40. The van der Waals surface area contributed by atoms with Gasteiger partial charge in [0.05, 0.1) is 0 Å². The highest BCUT2D eigenvalue weighted by Crippen LogP contribution is 2.30. The van der Waals surface area contributed by atoms with Crippen LogP contribution in [0.2, 0.25) is 0 Å². The molecular weight excluding hydrogens is 282 g/mol. The summed E-state index contributed by atoms with van der Waals surface area (Å²) in [6, 6.07) is 5.43. The Morgan fingerprint density at radius 2 is 2.14 bits per heavy atom. The Morgan fingerprint density at radius 1 is 1.27 bits per heavy atom. The van der Waals surface area contributed by atoms with Gasteiger partial charge in [-0.25, -0.2) is 4.98 Å². The maximum absolute atomic E-state index is 12.4. The SMILES string of the molecule is O=C(NC1CCc2nccn2C1)c1ccc2c(c1)OCCO2. The molecular formula is C16H17N3O3. The second-order valence-corrected chi connectivity index (χ2v) is 5.56. The van der Waals surface area contributed by atoms with Crippen LogP contribution in [0.5, 0.6) is 11.5 Å². The topological polar surface area (TPSA) is 65.4 Å². The second kappa shape index (κ2) is 5.36. The molecule has 2 aliphatic heterocycles. The minimum absolute atomic E-state index is 0.0782. The summed E-state index contributed by atoms with van der Waals surface area (Å²) in [6.45, 7) is 1.84. The molecule has 4 rings (SSSR count). The molecule has 0 spiro atoms. The molecule has 2 aliphatic rings. The molecule has 0 saturated carbocycles. The van der Waals surface area contributed by atoms with Gasteiger partial charge < -0.3 is 19.4 Å². The fraction of sp³-hybridized carbons (Fsp3) is 0.375. The highest BCUT2D eigenvalue weighted by molar-refractivity contribution is 5.95. The van der Waals surface area contributed by atoms with Gasteiger partial charge in [-0.15, -0.1) is 0 Å². The normalized spacial score (nSPS) is 19.4. The van der Waals surface area contributed by atoms with Gasteiger partial charge in [0.2, 0.25) is 0 Å². The van der Waals surface area contributed by atoms with E-state index in [-0.39, 0.29) is 11.9 Å². The predicted octanol–water partition coefficient (Wildman–Crippen LogP) is 1.40. The molecule has 1 atom stereocenters. The first-order valence-electron chi connectivity index (χ1n) is 7.50. The van der Waals surface area contributed by atoms with E-state index in [1.807, 2.05) is 6.20 Å². The van der Waals surface area contributed by atoms with Crippen LogP contribution >= 0.6 is 0 Å². The van der Waals surface area contributed by atoms with Gasteiger partial charge in [0.1, 0.15) is 19.0 Å². The number of hydrogen-bond donors (Lipinski definition) is 1. The summed E-state index contributed by atoms with van der Waals surface area (Å²) in [6.07, 6.45) is 5.56. The van der Waals surface area contributed by atoms with Crippen LogP contribution in [0.3, 0.4) is 0 Å². The molecule has 6 nitrogen and oxygen atoms in total. The molecule has 22 heavy (non-hydrogen) atoms. The number of aryl methyl sites for hydroxylation is 1. The van der Waals surface area contributed by atoms with Crippen LogP contribution in [-0.2, 0) is 13.0 Å². The van der Waals surface area contributed by atoms with E-state index in [9.17, 15) is 4.79 Å². The Hall–Kier alpha value is -2.50. The molecule has 0 saturated heterocycles. The van der Waals surface area contributed by atoms with Crippen molar-refractivity contribution in [3.8, 4) is 11.5 Å². The van der Waals surface area contributed by atoms with E-state index in [1.54, 1.807) is 24.4 Å². The third kappa shape index (κ3) is 2.41. The first-order chi connectivity index (χ1) is 10.8. The highest BCUT2D eigenvalue weighted by atomic mass is 16.6. The lowest BCUT2D eigenvalue weighted by Gasteiger charge is -2.25. The van der Waals surface area contributed by atoms with Gasteiger partial charge in [0, 0.05) is 37.0 Å². The van der Waals surface area contributed by atoms with Gasteiger partial charge >= 0.3 is 0 Å². The number of hydrogen-bond acceptors (Lipinski definition) is 4. The third-order valence-electron chi connectivity index (χ3n) is 4.07. The van der Waals surface area contributed by atoms with Crippen LogP contribution in [0, 0.1) is 0 Å². The number of benzene rings is 1. The lowest BCUT2D eigenvalue weighted by molar-refractivity contribution is 0.0926. The Labute approximate surface area is 128 Å². The maximum Gasteiger partial charge on any atom is 0.251 e. The standard InChI is InChI=1S/C16H17N3O3/c20-16(11-1-3-13-14(9-11)22-8-7-21-13)18-12-2-4-15-17-5-6-19(15)10-12/h1,3,5-6,9,12H,2,4,7-8,10H2,(H,18,20). The number of imidazole rings is 1. The molecule has 0 radical (unpaired) electrons. The van der Waals surface area contributed by atoms with Crippen molar-refractivity contribution in [3.63, 3.8) is 0 Å². The van der Waals surface area contributed by atoms with Crippen LogP contribution in [0.15, 0.2) is 30.6 Å². The highest BCUT2D eigenvalue weighted by Gasteiger charge is 2.22. The number of fused-ring (bicyclic) bond motifs is 2. The Morgan fingerprint density at radius 3 is 3.05 bits per heavy atom. The smallest absolute Gasteiger partial charge is 0.251 e. The Balaban J connectivity index is 1.46. The van der Waals surface area contributed by atoms with Crippen molar-refractivity contribution >= 4 is 5.91 Å². The average Bonchev–Trinajstić information content (AvgIpc) is 3.02. The third-order valence-corrected chi connectivity index (χ3v) is 4.07. The summed E-state index contributed by atoms with van der Waals surface area (Å²) in [5.74, 6) is 2.35. The molecule has 0 aliphatic carbocycles. The molecule has 2 aromatic rings. The fourth-order valence-corrected chi connectivity index (χ4v) is 2.94. The summed E-state index contributed by atoms with van der Waals surface area (Å²) in [7, 11) is 0. The number of aromatic nitrogens is 2. The van der Waals surface area contributed by atoms with Crippen LogP contribution in [0.4, 0.5) is 0 Å². The van der Waals surface area contributed by atoms with Gasteiger partial charge in [-0.2, -0.15) is 0 Å². The Kier molecular flexibility index (Phi) is 3.21. The zero-order valence-corrected chi connectivity index (χ0v) is 12.1. The largest absolute Gasteiger partial charge is 0.486 e. The van der Waals surface area contributed by atoms with Gasteiger partial charge in [0.25, 0.3) is 5.91 Å². The first kappa shape index (κ1) is 13.2. The number of carbonyl (C=O) groups is 1. The van der Waals surface area contributed by atoms with Crippen molar-refractivity contribution in [1.82, 2.24) is 14.9 Å². The zero-order chi connectivity index (χ0) is 14.9. The summed E-state index contributed by atoms with van der Waals surface area (Å²) in [4.78, 5) is 16.7. The number of amides is 1. The molecule has 0 fully saturated rings. The van der Waals surface area contributed by atoms with Crippen molar-refractivity contribution in [2.75, 3.05) is 13.2 Å². The first-order valence-corrected chi connectivity index (χ1v) is 7.50. The minimum Gasteiger partial charge on any atom is -0.486 e. The molecule has 1 aromatic heterocycles. The molecule has 0 bridgehead atoms. The van der Waals surface area contributed by atoms with Crippen LogP contribution in [0.25, 0.3) is 0 Å². The van der Waals surface area contributed by atoms with Gasteiger partial charge in [0.15, 0.2) is 11.5 Å². The molecule has 3 heterocycles. The minimum atomic E-state index is -0.0782. The van der Waals surface area contributed by atoms with E-state index in [2.05, 4.69) is 14.9 Å². The maximum atomic E-state index is 12.4. The molecule has 6 heteroatoms. The monoisotopic (exact) mass is 299 g/mol. The summed E-state index contributed by atoms with van der Waals surface area (Å²) in [5.41, 5.74) is 0.598. The number of rotatable bonds is 2. The average molecular weight is 299 g/mol. The summed E-state index contributed by atoms with van der Waals surface area (Å²) in [5, 5.41) is 3.09. The van der Waals surface area contributed by atoms with Gasteiger partial charge in [-0.05, 0) is 24.6 Å². The molecule has 1 unspecified atom stereocenters. The number of nitrogens with zero attached hydrogens (tertiary/aromatic N) is 2. The Bertz CT molecular complexity index is 710. The number of nitrogens with one attached hydrogen (secondary N) is 1. The van der Waals surface area contributed by atoms with E-state index in [0.29, 0.717) is 30.3 Å². The van der Waals surface area contributed by atoms with Gasteiger partial charge in [-0.1, -0.05) is 0 Å². The second-order valence-electron chi connectivity index (χ2n) is 5.56. The quantitative estimate of drug-likeness (QED) is 0.910. The molecule has 1 aromatic carbocycles. The van der Waals surface area contributed by atoms with Crippen LogP contribution in [0.1, 0.15) is 22.6 Å². The predicted molar refractivity (Wildman–Crippen MR) is 79.2 cm³/mol. The van der Waals surface area contributed by atoms with E-state index in [1.165, 1.54) is 0 Å². The van der Waals surface area contributed by atoms with E-state index < -0.39 is 0 Å². The summed E-state index contributed by atoms with van der Waals surface area (Å²) < 4.78 is 13.1. The van der Waals surface area contributed by atoms with E-state index >= 15 is 0 Å². The van der Waals surface area contributed by atoms with E-state index in [4.69, 9.17) is 9.47 Å².